The standard InChI is InChI=1S/C9H16N4/c1-8-4-5-11-9(12-8)13(3)7-6-10-2/h4-5,10H,6-7H2,1-3H3. The third-order valence-corrected chi connectivity index (χ3v) is 1.82. The smallest absolute Gasteiger partial charge is 0.225 e. The van der Waals surface area contributed by atoms with Gasteiger partial charge >= 0.3 is 0 Å². The topological polar surface area (TPSA) is 41.0 Å². The monoisotopic (exact) mass is 180 g/mol. The Morgan fingerprint density at radius 1 is 1.54 bits per heavy atom. The summed E-state index contributed by atoms with van der Waals surface area (Å²) < 4.78 is 0. The van der Waals surface area contributed by atoms with Crippen LogP contribution < -0.4 is 10.2 Å². The number of likely N-dealkylation sites (N-methyl/N-ethyl adjacent to an activating group) is 2. The average molecular weight is 180 g/mol. The minimum absolute atomic E-state index is 0.787. The van der Waals surface area contributed by atoms with Gasteiger partial charge in [0.15, 0.2) is 0 Å². The van der Waals surface area contributed by atoms with Crippen molar-refractivity contribution >= 4 is 5.95 Å². The second-order valence-corrected chi connectivity index (χ2v) is 3.02. The highest BCUT2D eigenvalue weighted by Crippen LogP contribution is 2.03. The summed E-state index contributed by atoms with van der Waals surface area (Å²) in [6.07, 6.45) is 1.79. The first-order valence-corrected chi connectivity index (χ1v) is 4.39. The van der Waals surface area contributed by atoms with Crippen LogP contribution in [0.15, 0.2) is 12.3 Å². The summed E-state index contributed by atoms with van der Waals surface area (Å²) in [4.78, 5) is 10.5. The van der Waals surface area contributed by atoms with E-state index in [1.165, 1.54) is 0 Å². The SMILES string of the molecule is CNCCN(C)c1nccc(C)n1. The zero-order valence-corrected chi connectivity index (χ0v) is 8.41. The Bertz CT molecular complexity index is 262. The van der Waals surface area contributed by atoms with Crippen molar-refractivity contribution in [2.24, 2.45) is 0 Å². The van der Waals surface area contributed by atoms with E-state index in [1.807, 2.05) is 32.0 Å². The Hall–Kier alpha value is -1.16. The maximum absolute atomic E-state index is 4.31. The predicted molar refractivity (Wildman–Crippen MR) is 54.0 cm³/mol. The second-order valence-electron chi connectivity index (χ2n) is 3.02. The van der Waals surface area contributed by atoms with Crippen LogP contribution in [0, 0.1) is 6.92 Å². The van der Waals surface area contributed by atoms with Crippen molar-refractivity contribution < 1.29 is 0 Å². The maximum atomic E-state index is 4.31. The van der Waals surface area contributed by atoms with Gasteiger partial charge in [0.2, 0.25) is 5.95 Å². The van der Waals surface area contributed by atoms with Crippen LogP contribution in [0.2, 0.25) is 0 Å². The number of hydrogen-bond acceptors (Lipinski definition) is 4. The van der Waals surface area contributed by atoms with E-state index in [-0.39, 0.29) is 0 Å². The van der Waals surface area contributed by atoms with Gasteiger partial charge in [-0.15, -0.1) is 0 Å². The van der Waals surface area contributed by atoms with Crippen LogP contribution in [0.5, 0.6) is 0 Å². The van der Waals surface area contributed by atoms with Gasteiger partial charge in [0.1, 0.15) is 0 Å². The number of hydrogen-bond donors (Lipinski definition) is 1. The van der Waals surface area contributed by atoms with Crippen LogP contribution in [-0.2, 0) is 0 Å². The summed E-state index contributed by atoms with van der Waals surface area (Å²) in [6, 6.07) is 1.90. The number of rotatable bonds is 4. The van der Waals surface area contributed by atoms with Gasteiger partial charge in [0.25, 0.3) is 0 Å². The number of aryl methyl sites for hydroxylation is 1. The molecule has 13 heavy (non-hydrogen) atoms. The molecule has 1 rings (SSSR count). The fourth-order valence-corrected chi connectivity index (χ4v) is 0.999. The molecule has 0 atom stereocenters. The molecule has 0 spiro atoms. The first-order valence-electron chi connectivity index (χ1n) is 4.39. The molecule has 0 radical (unpaired) electrons. The molecule has 72 valence electrons. The van der Waals surface area contributed by atoms with Gasteiger partial charge < -0.3 is 10.2 Å². The Balaban J connectivity index is 2.60. The highest BCUT2D eigenvalue weighted by atomic mass is 15.2. The van der Waals surface area contributed by atoms with E-state index in [1.54, 1.807) is 6.20 Å². The van der Waals surface area contributed by atoms with Gasteiger partial charge in [-0.1, -0.05) is 0 Å². The fourth-order valence-electron chi connectivity index (χ4n) is 0.999. The normalized spacial score (nSPS) is 10.1. The molecule has 1 N–H and O–H groups in total. The van der Waals surface area contributed by atoms with E-state index >= 15 is 0 Å². The zero-order chi connectivity index (χ0) is 9.68. The first-order chi connectivity index (χ1) is 6.24. The van der Waals surface area contributed by atoms with Gasteiger partial charge in [-0.3, -0.25) is 0 Å². The molecule has 1 heterocycles. The van der Waals surface area contributed by atoms with Gasteiger partial charge in [-0.05, 0) is 20.0 Å². The number of nitrogens with zero attached hydrogens (tertiary/aromatic N) is 3. The van der Waals surface area contributed by atoms with E-state index in [9.17, 15) is 0 Å². The molecule has 0 saturated carbocycles. The van der Waals surface area contributed by atoms with Gasteiger partial charge in [0, 0.05) is 32.0 Å². The quantitative estimate of drug-likeness (QED) is 0.730. The largest absolute Gasteiger partial charge is 0.343 e. The minimum Gasteiger partial charge on any atom is -0.343 e. The van der Waals surface area contributed by atoms with Gasteiger partial charge in [-0.25, -0.2) is 9.97 Å². The van der Waals surface area contributed by atoms with Crippen molar-refractivity contribution in [1.29, 1.82) is 0 Å². The van der Waals surface area contributed by atoms with Crippen molar-refractivity contribution in [3.8, 4) is 0 Å². The number of nitrogens with one attached hydrogen (secondary N) is 1. The van der Waals surface area contributed by atoms with E-state index in [0.717, 1.165) is 24.7 Å². The van der Waals surface area contributed by atoms with Crippen molar-refractivity contribution in [1.82, 2.24) is 15.3 Å². The molecule has 0 fully saturated rings. The van der Waals surface area contributed by atoms with Crippen molar-refractivity contribution in [2.45, 2.75) is 6.92 Å². The third-order valence-electron chi connectivity index (χ3n) is 1.82. The van der Waals surface area contributed by atoms with Gasteiger partial charge in [0.05, 0.1) is 0 Å². The Morgan fingerprint density at radius 3 is 2.92 bits per heavy atom. The van der Waals surface area contributed by atoms with Crippen LogP contribution in [0.4, 0.5) is 5.95 Å². The van der Waals surface area contributed by atoms with E-state index in [2.05, 4.69) is 15.3 Å². The molecule has 0 aliphatic heterocycles. The molecular formula is C9H16N4. The first kappa shape index (κ1) is 9.92. The molecule has 4 nitrogen and oxygen atoms in total. The Kier molecular flexibility index (Phi) is 3.64. The van der Waals surface area contributed by atoms with Crippen molar-refractivity contribution in [3.05, 3.63) is 18.0 Å². The highest BCUT2D eigenvalue weighted by molar-refractivity contribution is 5.28. The summed E-state index contributed by atoms with van der Waals surface area (Å²) in [5.41, 5.74) is 1.00. The van der Waals surface area contributed by atoms with Crippen molar-refractivity contribution in [3.63, 3.8) is 0 Å². The molecule has 0 saturated heterocycles. The Labute approximate surface area is 79.0 Å². The lowest BCUT2D eigenvalue weighted by atomic mass is 10.4. The number of aromatic nitrogens is 2. The van der Waals surface area contributed by atoms with Crippen LogP contribution in [0.1, 0.15) is 5.69 Å². The molecule has 4 heteroatoms. The van der Waals surface area contributed by atoms with E-state index < -0.39 is 0 Å². The summed E-state index contributed by atoms with van der Waals surface area (Å²) in [7, 11) is 3.93. The van der Waals surface area contributed by atoms with Crippen molar-refractivity contribution in [2.75, 3.05) is 32.1 Å². The molecule has 1 aromatic heterocycles. The molecular weight excluding hydrogens is 164 g/mol. The lowest BCUT2D eigenvalue weighted by Gasteiger charge is -2.16. The molecule has 1 aromatic rings. The molecule has 0 aliphatic carbocycles. The van der Waals surface area contributed by atoms with E-state index in [0.29, 0.717) is 0 Å². The zero-order valence-electron chi connectivity index (χ0n) is 8.41. The third kappa shape index (κ3) is 2.99. The minimum atomic E-state index is 0.787. The van der Waals surface area contributed by atoms with Crippen LogP contribution in [0.3, 0.4) is 0 Å². The van der Waals surface area contributed by atoms with Gasteiger partial charge in [-0.2, -0.15) is 0 Å². The molecule has 0 bridgehead atoms. The second kappa shape index (κ2) is 4.77. The van der Waals surface area contributed by atoms with Crippen LogP contribution in [0.25, 0.3) is 0 Å². The summed E-state index contributed by atoms with van der Waals surface area (Å²) in [5.74, 6) is 0.787. The highest BCUT2D eigenvalue weighted by Gasteiger charge is 2.01. The summed E-state index contributed by atoms with van der Waals surface area (Å²) in [5, 5.41) is 3.09. The average Bonchev–Trinajstić information content (AvgIpc) is 2.14. The molecule has 0 amide bonds. The number of anilines is 1. The molecule has 0 aliphatic rings. The predicted octanol–water partition coefficient (Wildman–Crippen LogP) is 0.441. The maximum Gasteiger partial charge on any atom is 0.225 e. The molecule has 0 aromatic carbocycles. The summed E-state index contributed by atoms with van der Waals surface area (Å²) in [6.45, 7) is 3.82. The lowest BCUT2D eigenvalue weighted by molar-refractivity contribution is 0.751. The van der Waals surface area contributed by atoms with Crippen LogP contribution in [-0.4, -0.2) is 37.2 Å². The Morgan fingerprint density at radius 2 is 2.31 bits per heavy atom. The van der Waals surface area contributed by atoms with Crippen LogP contribution >= 0.6 is 0 Å². The van der Waals surface area contributed by atoms with E-state index in [4.69, 9.17) is 0 Å². The molecule has 0 unspecified atom stereocenters. The lowest BCUT2D eigenvalue weighted by Crippen LogP contribution is -2.28. The fraction of sp³-hybridized carbons (Fsp3) is 0.556. The summed E-state index contributed by atoms with van der Waals surface area (Å²) >= 11 is 0.